The molecule has 0 spiro atoms. The molecule has 0 saturated heterocycles. The Kier molecular flexibility index (Phi) is 3.09. The molecule has 0 unspecified atom stereocenters. The molecule has 0 bridgehead atoms. The van der Waals surface area contributed by atoms with Gasteiger partial charge in [-0.1, -0.05) is 6.07 Å². The molecule has 2 N–H and O–H groups in total. The molecule has 2 aromatic heterocycles. The number of aryl methyl sites for hydroxylation is 1. The van der Waals surface area contributed by atoms with Gasteiger partial charge in [0.1, 0.15) is 5.69 Å². The van der Waals surface area contributed by atoms with E-state index in [0.717, 1.165) is 29.9 Å². The van der Waals surface area contributed by atoms with Crippen molar-refractivity contribution in [1.29, 1.82) is 0 Å². The molecule has 0 saturated carbocycles. The Morgan fingerprint density at radius 2 is 2.20 bits per heavy atom. The van der Waals surface area contributed by atoms with Crippen LogP contribution in [0.4, 0.5) is 0 Å². The summed E-state index contributed by atoms with van der Waals surface area (Å²) in [5.74, 6) is 0. The maximum absolute atomic E-state index is 8.70. The first-order chi connectivity index (χ1) is 7.40. The van der Waals surface area contributed by atoms with E-state index >= 15 is 0 Å². The Labute approximate surface area is 88.0 Å². The number of hydrogen-bond donors (Lipinski definition) is 2. The number of aromatic amines is 1. The van der Waals surface area contributed by atoms with Gasteiger partial charge in [0.25, 0.3) is 0 Å². The van der Waals surface area contributed by atoms with Gasteiger partial charge in [-0.25, -0.2) is 0 Å². The normalized spacial score (nSPS) is 10.5. The van der Waals surface area contributed by atoms with Gasteiger partial charge in [-0.3, -0.25) is 10.1 Å². The molecule has 2 rings (SSSR count). The van der Waals surface area contributed by atoms with Crippen molar-refractivity contribution >= 4 is 0 Å². The third-order valence-electron chi connectivity index (χ3n) is 2.16. The van der Waals surface area contributed by atoms with Gasteiger partial charge in [0.2, 0.25) is 0 Å². The number of pyridine rings is 1. The average Bonchev–Trinajstić information content (AvgIpc) is 2.76. The van der Waals surface area contributed by atoms with E-state index in [0.29, 0.717) is 0 Å². The molecule has 0 aliphatic carbocycles. The lowest BCUT2D eigenvalue weighted by molar-refractivity contribution is 0.288. The van der Waals surface area contributed by atoms with Gasteiger partial charge < -0.3 is 5.11 Å². The summed E-state index contributed by atoms with van der Waals surface area (Å²) < 4.78 is 0. The van der Waals surface area contributed by atoms with E-state index in [9.17, 15) is 0 Å². The highest BCUT2D eigenvalue weighted by Gasteiger charge is 2.03. The Morgan fingerprint density at radius 1 is 1.27 bits per heavy atom. The highest BCUT2D eigenvalue weighted by Crippen LogP contribution is 2.14. The zero-order chi connectivity index (χ0) is 10.5. The summed E-state index contributed by atoms with van der Waals surface area (Å²) in [6, 6.07) is 7.71. The summed E-state index contributed by atoms with van der Waals surface area (Å²) in [4.78, 5) is 4.21. The van der Waals surface area contributed by atoms with Gasteiger partial charge in [0, 0.05) is 18.5 Å². The van der Waals surface area contributed by atoms with E-state index in [4.69, 9.17) is 5.11 Å². The minimum absolute atomic E-state index is 0.206. The SMILES string of the molecule is OCCCc1cc(-c2ccccn2)n[nH]1. The molecule has 0 aromatic carbocycles. The number of H-pyrrole nitrogens is 1. The zero-order valence-corrected chi connectivity index (χ0v) is 8.35. The molecule has 0 atom stereocenters. The van der Waals surface area contributed by atoms with Crippen LogP contribution >= 0.6 is 0 Å². The second-order valence-corrected chi connectivity index (χ2v) is 3.32. The largest absolute Gasteiger partial charge is 0.396 e. The first kappa shape index (κ1) is 9.86. The van der Waals surface area contributed by atoms with Gasteiger partial charge in [-0.05, 0) is 31.0 Å². The Morgan fingerprint density at radius 3 is 2.93 bits per heavy atom. The first-order valence-electron chi connectivity index (χ1n) is 4.96. The van der Waals surface area contributed by atoms with Gasteiger partial charge >= 0.3 is 0 Å². The molecule has 0 fully saturated rings. The molecule has 15 heavy (non-hydrogen) atoms. The van der Waals surface area contributed by atoms with Crippen LogP contribution in [0, 0.1) is 0 Å². The van der Waals surface area contributed by atoms with Crippen molar-refractivity contribution in [3.8, 4) is 11.4 Å². The lowest BCUT2D eigenvalue weighted by Gasteiger charge is -1.92. The molecule has 4 nitrogen and oxygen atoms in total. The molecule has 0 aliphatic heterocycles. The molecular formula is C11H13N3O. The predicted molar refractivity (Wildman–Crippen MR) is 57.2 cm³/mol. The number of aromatic nitrogens is 3. The maximum atomic E-state index is 8.70. The van der Waals surface area contributed by atoms with Crippen LogP contribution in [0.3, 0.4) is 0 Å². The molecule has 0 radical (unpaired) electrons. The summed E-state index contributed by atoms with van der Waals surface area (Å²) in [5, 5.41) is 15.8. The van der Waals surface area contributed by atoms with E-state index in [1.165, 1.54) is 0 Å². The van der Waals surface area contributed by atoms with Crippen molar-refractivity contribution in [2.75, 3.05) is 6.61 Å². The van der Waals surface area contributed by atoms with Gasteiger partial charge in [0.05, 0.1) is 5.69 Å². The lowest BCUT2D eigenvalue weighted by atomic mass is 10.2. The van der Waals surface area contributed by atoms with Crippen LogP contribution in [-0.4, -0.2) is 26.9 Å². The summed E-state index contributed by atoms with van der Waals surface area (Å²) >= 11 is 0. The van der Waals surface area contributed by atoms with E-state index in [-0.39, 0.29) is 6.61 Å². The molecule has 0 amide bonds. The summed E-state index contributed by atoms with van der Waals surface area (Å²) in [7, 11) is 0. The standard InChI is InChI=1S/C11H13N3O/c15-7-3-4-9-8-11(14-13-9)10-5-1-2-6-12-10/h1-2,5-6,8,15H,3-4,7H2,(H,13,14). The average molecular weight is 203 g/mol. The monoisotopic (exact) mass is 203 g/mol. The number of nitrogens with zero attached hydrogens (tertiary/aromatic N) is 2. The summed E-state index contributed by atoms with van der Waals surface area (Å²) in [5.41, 5.74) is 2.75. The number of aliphatic hydroxyl groups excluding tert-OH is 1. The third-order valence-corrected chi connectivity index (χ3v) is 2.16. The van der Waals surface area contributed by atoms with Crippen molar-refractivity contribution in [1.82, 2.24) is 15.2 Å². The van der Waals surface area contributed by atoms with Crippen molar-refractivity contribution in [2.24, 2.45) is 0 Å². The summed E-state index contributed by atoms with van der Waals surface area (Å²) in [6.07, 6.45) is 3.32. The van der Waals surface area contributed by atoms with Crippen molar-refractivity contribution < 1.29 is 5.11 Å². The Hall–Kier alpha value is -1.68. The van der Waals surface area contributed by atoms with Crippen molar-refractivity contribution in [2.45, 2.75) is 12.8 Å². The topological polar surface area (TPSA) is 61.8 Å². The van der Waals surface area contributed by atoms with E-state index in [1.807, 2.05) is 24.3 Å². The second kappa shape index (κ2) is 4.70. The fourth-order valence-corrected chi connectivity index (χ4v) is 1.40. The molecule has 78 valence electrons. The molecule has 2 aromatic rings. The van der Waals surface area contributed by atoms with Gasteiger partial charge in [0.15, 0.2) is 0 Å². The molecule has 0 aliphatic rings. The van der Waals surface area contributed by atoms with Crippen LogP contribution in [0.2, 0.25) is 0 Å². The fraction of sp³-hybridized carbons (Fsp3) is 0.273. The van der Waals surface area contributed by atoms with Crippen molar-refractivity contribution in [3.63, 3.8) is 0 Å². The minimum Gasteiger partial charge on any atom is -0.396 e. The predicted octanol–water partition coefficient (Wildman–Crippen LogP) is 1.40. The van der Waals surface area contributed by atoms with Crippen LogP contribution in [0.5, 0.6) is 0 Å². The third kappa shape index (κ3) is 2.41. The Balaban J connectivity index is 2.14. The quantitative estimate of drug-likeness (QED) is 0.789. The first-order valence-corrected chi connectivity index (χ1v) is 4.96. The van der Waals surface area contributed by atoms with Crippen LogP contribution in [-0.2, 0) is 6.42 Å². The highest BCUT2D eigenvalue weighted by atomic mass is 16.2. The van der Waals surface area contributed by atoms with E-state index < -0.39 is 0 Å². The van der Waals surface area contributed by atoms with Gasteiger partial charge in [-0.2, -0.15) is 5.10 Å². The Bertz CT molecular complexity index is 411. The molecular weight excluding hydrogens is 190 g/mol. The highest BCUT2D eigenvalue weighted by molar-refractivity contribution is 5.53. The van der Waals surface area contributed by atoms with E-state index in [1.54, 1.807) is 6.20 Å². The van der Waals surface area contributed by atoms with E-state index in [2.05, 4.69) is 15.2 Å². The number of hydrogen-bond acceptors (Lipinski definition) is 3. The zero-order valence-electron chi connectivity index (χ0n) is 8.35. The number of aliphatic hydroxyl groups is 1. The minimum atomic E-state index is 0.206. The molecule has 2 heterocycles. The maximum Gasteiger partial charge on any atom is 0.111 e. The fourth-order valence-electron chi connectivity index (χ4n) is 1.40. The smallest absolute Gasteiger partial charge is 0.111 e. The lowest BCUT2D eigenvalue weighted by Crippen LogP contribution is -1.88. The van der Waals surface area contributed by atoms with Crippen LogP contribution < -0.4 is 0 Å². The van der Waals surface area contributed by atoms with Crippen LogP contribution in [0.1, 0.15) is 12.1 Å². The number of nitrogens with one attached hydrogen (secondary N) is 1. The van der Waals surface area contributed by atoms with Gasteiger partial charge in [-0.15, -0.1) is 0 Å². The number of rotatable bonds is 4. The summed E-state index contributed by atoms with van der Waals surface area (Å²) in [6.45, 7) is 0.206. The second-order valence-electron chi connectivity index (χ2n) is 3.32. The van der Waals surface area contributed by atoms with Crippen LogP contribution in [0.15, 0.2) is 30.5 Å². The van der Waals surface area contributed by atoms with Crippen molar-refractivity contribution in [3.05, 3.63) is 36.2 Å². The van der Waals surface area contributed by atoms with Crippen LogP contribution in [0.25, 0.3) is 11.4 Å². The molecule has 4 heteroatoms.